The zero-order chi connectivity index (χ0) is 11.5. The Balaban J connectivity index is 2.19. The molecule has 0 bridgehead atoms. The molecule has 2 rings (SSSR count). The van der Waals surface area contributed by atoms with Gasteiger partial charge in [0.25, 0.3) is 0 Å². The molecular formula is C10H16N3O3+. The van der Waals surface area contributed by atoms with Crippen molar-refractivity contribution in [3.8, 4) is 0 Å². The van der Waals surface area contributed by atoms with Crippen LogP contribution in [0.4, 0.5) is 5.82 Å². The van der Waals surface area contributed by atoms with E-state index < -0.39 is 0 Å². The molecule has 0 saturated carbocycles. The van der Waals surface area contributed by atoms with Crippen LogP contribution in [0, 0.1) is 11.8 Å². The van der Waals surface area contributed by atoms with Crippen LogP contribution in [0.15, 0.2) is 6.20 Å². The summed E-state index contributed by atoms with van der Waals surface area (Å²) in [6.45, 7) is 2.58. The van der Waals surface area contributed by atoms with Crippen LogP contribution in [0.2, 0.25) is 0 Å². The quantitative estimate of drug-likeness (QED) is 0.738. The highest BCUT2D eigenvalue weighted by molar-refractivity contribution is 5.27. The van der Waals surface area contributed by atoms with Gasteiger partial charge in [-0.2, -0.15) is 4.68 Å². The minimum atomic E-state index is -0.0496. The molecule has 1 aliphatic heterocycles. The van der Waals surface area contributed by atoms with E-state index in [-0.39, 0.29) is 12.0 Å². The second kappa shape index (κ2) is 4.61. The minimum absolute atomic E-state index is 0.0496. The second-order valence-corrected chi connectivity index (χ2v) is 3.88. The van der Waals surface area contributed by atoms with Gasteiger partial charge in [0, 0.05) is 6.61 Å². The van der Waals surface area contributed by atoms with Gasteiger partial charge >= 0.3 is 5.82 Å². The van der Waals surface area contributed by atoms with E-state index in [4.69, 9.17) is 4.74 Å². The molecule has 1 aromatic heterocycles. The molecule has 1 saturated heterocycles. The third-order valence-corrected chi connectivity index (χ3v) is 2.68. The summed E-state index contributed by atoms with van der Waals surface area (Å²) in [6, 6.07) is 0. The van der Waals surface area contributed by atoms with E-state index in [9.17, 15) is 4.91 Å². The predicted molar refractivity (Wildman–Crippen MR) is 56.1 cm³/mol. The van der Waals surface area contributed by atoms with Crippen molar-refractivity contribution in [1.82, 2.24) is 9.78 Å². The fraction of sp³-hybridized carbons (Fsp3) is 0.700. The first-order valence-corrected chi connectivity index (χ1v) is 5.41. The van der Waals surface area contributed by atoms with E-state index in [0.29, 0.717) is 4.92 Å². The average Bonchev–Trinajstić information content (AvgIpc) is 2.71. The Morgan fingerprint density at radius 2 is 2.44 bits per heavy atom. The van der Waals surface area contributed by atoms with Gasteiger partial charge in [0.2, 0.25) is 0 Å². The molecule has 16 heavy (non-hydrogen) atoms. The predicted octanol–water partition coefficient (Wildman–Crippen LogP) is 1.86. The van der Waals surface area contributed by atoms with E-state index in [0.717, 1.165) is 31.4 Å². The number of rotatable bonds is 3. The molecule has 0 radical (unpaired) electrons. The Morgan fingerprint density at radius 3 is 3.06 bits per heavy atom. The van der Waals surface area contributed by atoms with Gasteiger partial charge in [-0.3, -0.25) is 0 Å². The first-order chi connectivity index (χ1) is 7.72. The molecule has 88 valence electrons. The van der Waals surface area contributed by atoms with Crippen LogP contribution in [0.25, 0.3) is 0 Å². The van der Waals surface area contributed by atoms with E-state index in [1.165, 1.54) is 7.11 Å². The zero-order valence-corrected chi connectivity index (χ0v) is 9.55. The number of aryl methyl sites for hydroxylation is 1. The Hall–Kier alpha value is -1.43. The van der Waals surface area contributed by atoms with Crippen molar-refractivity contribution in [3.05, 3.63) is 16.7 Å². The average molecular weight is 226 g/mol. The van der Waals surface area contributed by atoms with Crippen LogP contribution < -0.4 is 0 Å². The molecule has 0 spiro atoms. The summed E-state index contributed by atoms with van der Waals surface area (Å²) in [5.41, 5.74) is 0.783. The highest BCUT2D eigenvalue weighted by atomic mass is 16.8. The van der Waals surface area contributed by atoms with Gasteiger partial charge in [-0.15, -0.1) is 0 Å². The molecule has 0 amide bonds. The number of hydrogen-bond donors (Lipinski definition) is 0. The Labute approximate surface area is 93.7 Å². The summed E-state index contributed by atoms with van der Waals surface area (Å²) in [7, 11) is 1.32. The highest BCUT2D eigenvalue weighted by Crippen LogP contribution is 2.25. The lowest BCUT2D eigenvalue weighted by molar-refractivity contribution is -0.739. The van der Waals surface area contributed by atoms with Gasteiger partial charge in [0.1, 0.15) is 7.11 Å². The normalized spacial score (nSPS) is 20.8. The van der Waals surface area contributed by atoms with Crippen molar-refractivity contribution in [3.63, 3.8) is 0 Å². The zero-order valence-electron chi connectivity index (χ0n) is 9.55. The Kier molecular flexibility index (Phi) is 3.19. The van der Waals surface area contributed by atoms with Crippen LogP contribution in [0.5, 0.6) is 0 Å². The van der Waals surface area contributed by atoms with E-state index >= 15 is 0 Å². The smallest absolute Gasteiger partial charge is 0.354 e. The molecule has 2 heterocycles. The number of aromatic nitrogens is 2. The molecule has 0 aliphatic carbocycles. The molecule has 1 atom stereocenters. The maximum absolute atomic E-state index is 11.3. The second-order valence-electron chi connectivity index (χ2n) is 3.88. The van der Waals surface area contributed by atoms with Crippen LogP contribution in [0.1, 0.15) is 31.1 Å². The third-order valence-electron chi connectivity index (χ3n) is 2.68. The van der Waals surface area contributed by atoms with Gasteiger partial charge in [0.05, 0.1) is 16.9 Å². The van der Waals surface area contributed by atoms with Crippen molar-refractivity contribution >= 4 is 5.82 Å². The fourth-order valence-electron chi connectivity index (χ4n) is 1.82. The number of nitrogens with zero attached hydrogens (tertiary/aromatic N) is 3. The summed E-state index contributed by atoms with van der Waals surface area (Å²) >= 11 is 0. The fourth-order valence-corrected chi connectivity index (χ4v) is 1.82. The maximum Gasteiger partial charge on any atom is 0.437 e. The number of hydrogen-bond acceptors (Lipinski definition) is 4. The highest BCUT2D eigenvalue weighted by Gasteiger charge is 2.27. The minimum Gasteiger partial charge on any atom is -0.354 e. The lowest BCUT2D eigenvalue weighted by Crippen LogP contribution is -2.18. The van der Waals surface area contributed by atoms with Crippen LogP contribution in [0.3, 0.4) is 0 Å². The summed E-state index contributed by atoms with van der Waals surface area (Å²) in [5, 5.41) is 4.18. The largest absolute Gasteiger partial charge is 0.437 e. The lowest BCUT2D eigenvalue weighted by Gasteiger charge is -2.20. The molecule has 0 aromatic carbocycles. The van der Waals surface area contributed by atoms with Gasteiger partial charge in [-0.05, 0) is 31.1 Å². The van der Waals surface area contributed by atoms with Crippen LogP contribution in [-0.2, 0) is 9.57 Å². The Morgan fingerprint density at radius 1 is 1.62 bits per heavy atom. The van der Waals surface area contributed by atoms with E-state index in [2.05, 4.69) is 9.94 Å². The molecule has 1 aromatic rings. The topological polar surface area (TPSA) is 56.4 Å². The molecule has 0 N–H and O–H groups in total. The van der Waals surface area contributed by atoms with Crippen LogP contribution in [-0.4, -0.2) is 28.4 Å². The van der Waals surface area contributed by atoms with Gasteiger partial charge < -0.3 is 9.57 Å². The molecule has 6 heteroatoms. The maximum atomic E-state index is 11.3. The SMILES string of the molecule is CO[N+](=O)c1nn(C2CCCCO2)cc1C. The van der Waals surface area contributed by atoms with Crippen molar-refractivity contribution in [2.75, 3.05) is 13.7 Å². The Bertz CT molecular complexity index is 383. The first kappa shape index (κ1) is 11.1. The summed E-state index contributed by atoms with van der Waals surface area (Å²) in [4.78, 5) is 16.3. The first-order valence-electron chi connectivity index (χ1n) is 5.41. The summed E-state index contributed by atoms with van der Waals surface area (Å²) in [6.07, 6.45) is 4.92. The van der Waals surface area contributed by atoms with Crippen molar-refractivity contribution < 1.29 is 14.5 Å². The van der Waals surface area contributed by atoms with E-state index in [1.54, 1.807) is 4.68 Å². The van der Waals surface area contributed by atoms with Gasteiger partial charge in [-0.25, -0.2) is 0 Å². The summed E-state index contributed by atoms with van der Waals surface area (Å²) in [5.74, 6) is 0.289. The molecule has 6 nitrogen and oxygen atoms in total. The van der Waals surface area contributed by atoms with Gasteiger partial charge in [-0.1, -0.05) is 0 Å². The van der Waals surface area contributed by atoms with Crippen molar-refractivity contribution in [2.24, 2.45) is 0 Å². The lowest BCUT2D eigenvalue weighted by atomic mass is 10.2. The third kappa shape index (κ3) is 2.06. The molecule has 1 aliphatic rings. The van der Waals surface area contributed by atoms with Crippen LogP contribution >= 0.6 is 0 Å². The molecule has 1 fully saturated rings. The van der Waals surface area contributed by atoms with Crippen molar-refractivity contribution in [2.45, 2.75) is 32.4 Å². The van der Waals surface area contributed by atoms with E-state index in [1.807, 2.05) is 13.1 Å². The monoisotopic (exact) mass is 226 g/mol. The number of ether oxygens (including phenoxy) is 1. The summed E-state index contributed by atoms with van der Waals surface area (Å²) < 4.78 is 7.29. The standard InChI is InChI=1S/C10H16N3O3/c1-8-7-12(9-5-3-4-6-16-9)11-10(8)13(14)15-2/h7,9H,3-6H2,1-2H3/q+1. The molecule has 1 unspecified atom stereocenters. The van der Waals surface area contributed by atoms with Gasteiger partial charge in [0.15, 0.2) is 11.2 Å². The van der Waals surface area contributed by atoms with Crippen molar-refractivity contribution in [1.29, 1.82) is 0 Å². The molecular weight excluding hydrogens is 210 g/mol.